The molecule has 0 saturated carbocycles. The summed E-state index contributed by atoms with van der Waals surface area (Å²) in [6.45, 7) is 0. The van der Waals surface area contributed by atoms with Crippen LogP contribution >= 0.6 is 0 Å². The zero-order valence-corrected chi connectivity index (χ0v) is 9.77. The Hall–Kier alpha value is -2.03. The van der Waals surface area contributed by atoms with Crippen molar-refractivity contribution in [2.75, 3.05) is 0 Å². The van der Waals surface area contributed by atoms with Gasteiger partial charge in [-0.05, 0) is 42.2 Å². The first-order valence-electron chi connectivity index (χ1n) is 5.99. The van der Waals surface area contributed by atoms with Crippen LogP contribution in [0.3, 0.4) is 0 Å². The number of nitrogens with zero attached hydrogens (tertiary/aromatic N) is 1. The number of carbonyl (C=O) groups excluding carboxylic acids is 1. The van der Waals surface area contributed by atoms with E-state index in [1.165, 1.54) is 6.07 Å². The third-order valence-corrected chi connectivity index (χ3v) is 3.49. The van der Waals surface area contributed by atoms with E-state index in [0.717, 1.165) is 5.56 Å². The summed E-state index contributed by atoms with van der Waals surface area (Å²) in [6, 6.07) is 8.44. The molecule has 0 fully saturated rings. The molecule has 0 radical (unpaired) electrons. The van der Waals surface area contributed by atoms with Crippen molar-refractivity contribution in [3.05, 3.63) is 65.2 Å². The molecule has 1 aromatic heterocycles. The van der Waals surface area contributed by atoms with Gasteiger partial charge in [-0.2, -0.15) is 0 Å². The number of Topliss-reactive ketones (excluding diaryl/α,β-unsaturated/α-hetero) is 1. The number of halogens is 1. The third kappa shape index (κ3) is 1.72. The van der Waals surface area contributed by atoms with Crippen LogP contribution in [0.1, 0.15) is 33.8 Å². The summed E-state index contributed by atoms with van der Waals surface area (Å²) in [6.07, 6.45) is 4.64. The Morgan fingerprint density at radius 1 is 1.17 bits per heavy atom. The van der Waals surface area contributed by atoms with Gasteiger partial charge in [0.1, 0.15) is 5.82 Å². The average Bonchev–Trinajstić information content (AvgIpc) is 2.41. The molecule has 0 spiro atoms. The molecule has 1 heterocycles. The van der Waals surface area contributed by atoms with Crippen molar-refractivity contribution in [2.45, 2.75) is 18.8 Å². The molecule has 3 heteroatoms. The minimum absolute atomic E-state index is 0.0157. The number of pyridine rings is 1. The molecule has 1 aliphatic rings. The summed E-state index contributed by atoms with van der Waals surface area (Å²) in [7, 11) is 0. The molecule has 18 heavy (non-hydrogen) atoms. The Labute approximate surface area is 104 Å². The van der Waals surface area contributed by atoms with Gasteiger partial charge in [0.05, 0.1) is 0 Å². The van der Waals surface area contributed by atoms with E-state index >= 15 is 0 Å². The van der Waals surface area contributed by atoms with E-state index in [-0.39, 0.29) is 17.5 Å². The molecule has 1 aromatic carbocycles. The highest BCUT2D eigenvalue weighted by Gasteiger charge is 2.29. The highest BCUT2D eigenvalue weighted by atomic mass is 19.1. The van der Waals surface area contributed by atoms with Gasteiger partial charge in [0.25, 0.3) is 0 Å². The number of carbonyl (C=O) groups is 1. The Kier molecular flexibility index (Phi) is 2.67. The quantitative estimate of drug-likeness (QED) is 0.767. The topological polar surface area (TPSA) is 30.0 Å². The predicted molar refractivity (Wildman–Crippen MR) is 66.0 cm³/mol. The van der Waals surface area contributed by atoms with Crippen LogP contribution in [0.15, 0.2) is 42.7 Å². The van der Waals surface area contributed by atoms with Crippen LogP contribution < -0.4 is 0 Å². The smallest absolute Gasteiger partial charge is 0.170 e. The normalized spacial score (nSPS) is 18.5. The number of rotatable bonds is 1. The molecule has 90 valence electrons. The number of benzene rings is 1. The van der Waals surface area contributed by atoms with Gasteiger partial charge in [0, 0.05) is 23.9 Å². The number of hydrogen-bond donors (Lipinski definition) is 0. The molecule has 0 bridgehead atoms. The first kappa shape index (κ1) is 11.1. The molecule has 1 atom stereocenters. The fourth-order valence-corrected chi connectivity index (χ4v) is 2.56. The van der Waals surface area contributed by atoms with Crippen molar-refractivity contribution in [3.63, 3.8) is 0 Å². The lowest BCUT2D eigenvalue weighted by Crippen LogP contribution is -2.21. The Bertz CT molecular complexity index is 595. The van der Waals surface area contributed by atoms with E-state index in [2.05, 4.69) is 4.98 Å². The van der Waals surface area contributed by atoms with Gasteiger partial charge in [0.15, 0.2) is 5.78 Å². The van der Waals surface area contributed by atoms with Crippen molar-refractivity contribution in [3.8, 4) is 0 Å². The molecular weight excluding hydrogens is 229 g/mol. The second-order valence-corrected chi connectivity index (χ2v) is 4.50. The minimum atomic E-state index is -0.269. The van der Waals surface area contributed by atoms with Gasteiger partial charge in [-0.1, -0.05) is 12.1 Å². The highest BCUT2D eigenvalue weighted by Crippen LogP contribution is 2.33. The van der Waals surface area contributed by atoms with Crippen LogP contribution in [-0.2, 0) is 6.42 Å². The largest absolute Gasteiger partial charge is 0.293 e. The molecule has 0 aliphatic heterocycles. The van der Waals surface area contributed by atoms with Gasteiger partial charge in [-0.15, -0.1) is 0 Å². The standard InChI is InChI=1S/C15H12FNO/c16-14-3-1-2-13-12(14)5-4-11(15(13)18)10-6-8-17-9-7-10/h1-3,6-9,11H,4-5H2. The first-order valence-corrected chi connectivity index (χ1v) is 5.99. The highest BCUT2D eigenvalue weighted by molar-refractivity contribution is 6.03. The average molecular weight is 241 g/mol. The monoisotopic (exact) mass is 241 g/mol. The Morgan fingerprint density at radius 2 is 1.94 bits per heavy atom. The maximum atomic E-state index is 13.6. The molecule has 0 amide bonds. The molecule has 0 N–H and O–H groups in total. The second-order valence-electron chi connectivity index (χ2n) is 4.50. The van der Waals surface area contributed by atoms with E-state index in [1.807, 2.05) is 12.1 Å². The van der Waals surface area contributed by atoms with Crippen LogP contribution in [0.5, 0.6) is 0 Å². The van der Waals surface area contributed by atoms with Crippen LogP contribution in [0.2, 0.25) is 0 Å². The summed E-state index contributed by atoms with van der Waals surface area (Å²) in [5.41, 5.74) is 2.06. The van der Waals surface area contributed by atoms with E-state index in [1.54, 1.807) is 24.5 Å². The van der Waals surface area contributed by atoms with Crippen LogP contribution in [0.4, 0.5) is 4.39 Å². The van der Waals surface area contributed by atoms with Crippen molar-refractivity contribution < 1.29 is 9.18 Å². The van der Waals surface area contributed by atoms with Gasteiger partial charge >= 0.3 is 0 Å². The van der Waals surface area contributed by atoms with Gasteiger partial charge in [0.2, 0.25) is 0 Å². The molecular formula is C15H12FNO. The SMILES string of the molecule is O=C1c2cccc(F)c2CCC1c1ccncc1. The maximum absolute atomic E-state index is 13.6. The lowest BCUT2D eigenvalue weighted by Gasteiger charge is -2.23. The summed E-state index contributed by atoms with van der Waals surface area (Å²) in [5.74, 6) is -0.418. The molecule has 3 rings (SSSR count). The summed E-state index contributed by atoms with van der Waals surface area (Å²) >= 11 is 0. The zero-order valence-electron chi connectivity index (χ0n) is 9.77. The molecule has 0 saturated heterocycles. The van der Waals surface area contributed by atoms with E-state index < -0.39 is 0 Å². The molecule has 1 aliphatic carbocycles. The minimum Gasteiger partial charge on any atom is -0.293 e. The number of fused-ring (bicyclic) bond motifs is 1. The number of hydrogen-bond acceptors (Lipinski definition) is 2. The zero-order chi connectivity index (χ0) is 12.5. The summed E-state index contributed by atoms with van der Waals surface area (Å²) < 4.78 is 13.6. The van der Waals surface area contributed by atoms with Gasteiger partial charge in [-0.25, -0.2) is 4.39 Å². The van der Waals surface area contributed by atoms with Crippen LogP contribution in [0.25, 0.3) is 0 Å². The maximum Gasteiger partial charge on any atom is 0.170 e. The van der Waals surface area contributed by atoms with Crippen LogP contribution in [-0.4, -0.2) is 10.8 Å². The third-order valence-electron chi connectivity index (χ3n) is 3.49. The molecule has 1 unspecified atom stereocenters. The van der Waals surface area contributed by atoms with E-state index in [0.29, 0.717) is 24.0 Å². The summed E-state index contributed by atoms with van der Waals surface area (Å²) in [5, 5.41) is 0. The Balaban J connectivity index is 2.03. The number of aromatic nitrogens is 1. The molecule has 2 aromatic rings. The lowest BCUT2D eigenvalue weighted by atomic mass is 9.79. The molecule has 2 nitrogen and oxygen atoms in total. The van der Waals surface area contributed by atoms with Crippen molar-refractivity contribution >= 4 is 5.78 Å². The van der Waals surface area contributed by atoms with E-state index in [4.69, 9.17) is 0 Å². The Morgan fingerprint density at radius 3 is 2.72 bits per heavy atom. The fraction of sp³-hybridized carbons (Fsp3) is 0.200. The van der Waals surface area contributed by atoms with Crippen molar-refractivity contribution in [1.29, 1.82) is 0 Å². The van der Waals surface area contributed by atoms with Crippen LogP contribution in [0, 0.1) is 5.82 Å². The fourth-order valence-electron chi connectivity index (χ4n) is 2.56. The first-order chi connectivity index (χ1) is 8.77. The van der Waals surface area contributed by atoms with E-state index in [9.17, 15) is 9.18 Å². The van der Waals surface area contributed by atoms with Crippen molar-refractivity contribution in [1.82, 2.24) is 4.98 Å². The second kappa shape index (κ2) is 4.33. The van der Waals surface area contributed by atoms with Gasteiger partial charge in [-0.3, -0.25) is 9.78 Å². The van der Waals surface area contributed by atoms with Gasteiger partial charge < -0.3 is 0 Å². The number of ketones is 1. The lowest BCUT2D eigenvalue weighted by molar-refractivity contribution is 0.0945. The summed E-state index contributed by atoms with van der Waals surface area (Å²) in [4.78, 5) is 16.3. The van der Waals surface area contributed by atoms with Crippen molar-refractivity contribution in [2.24, 2.45) is 0 Å². The predicted octanol–water partition coefficient (Wildman–Crippen LogP) is 3.13.